The predicted molar refractivity (Wildman–Crippen MR) is 126 cm³/mol. The molecule has 0 saturated carbocycles. The van der Waals surface area contributed by atoms with Crippen molar-refractivity contribution >= 4 is 33.4 Å². The zero-order chi connectivity index (χ0) is 25.8. The second kappa shape index (κ2) is 11.3. The number of sulfonamides is 1. The van der Waals surface area contributed by atoms with Crippen LogP contribution in [0.4, 0.5) is 8.78 Å². The van der Waals surface area contributed by atoms with Gasteiger partial charge in [0.1, 0.15) is 5.75 Å². The molecule has 1 aliphatic heterocycles. The summed E-state index contributed by atoms with van der Waals surface area (Å²) in [6.45, 7) is 3.56. The van der Waals surface area contributed by atoms with Crippen LogP contribution in [-0.2, 0) is 32.6 Å². The first kappa shape index (κ1) is 26.8. The third-order valence-electron chi connectivity index (χ3n) is 5.45. The molecule has 3 rings (SSSR count). The summed E-state index contributed by atoms with van der Waals surface area (Å²) in [7, 11) is -3.71. The first-order valence-corrected chi connectivity index (χ1v) is 13.1. The van der Waals surface area contributed by atoms with E-state index in [1.165, 1.54) is 24.3 Å². The van der Waals surface area contributed by atoms with Gasteiger partial charge >= 0.3 is 0 Å². The van der Waals surface area contributed by atoms with Crippen molar-refractivity contribution in [1.29, 1.82) is 0 Å². The molecule has 1 aliphatic rings. The lowest BCUT2D eigenvalue weighted by atomic mass is 10.1. The Morgan fingerprint density at radius 3 is 2.54 bits per heavy atom. The zero-order valence-corrected chi connectivity index (χ0v) is 20.8. The van der Waals surface area contributed by atoms with Crippen LogP contribution < -0.4 is 9.46 Å². The number of nitrogens with zero attached hydrogens (tertiary/aromatic N) is 2. The van der Waals surface area contributed by atoms with Crippen LogP contribution in [0.5, 0.6) is 5.75 Å². The fourth-order valence-electron chi connectivity index (χ4n) is 3.91. The molecule has 1 fully saturated rings. The first-order valence-electron chi connectivity index (χ1n) is 10.8. The fourth-order valence-corrected chi connectivity index (χ4v) is 4.59. The van der Waals surface area contributed by atoms with E-state index in [2.05, 4.69) is 4.90 Å². The Balaban J connectivity index is 1.57. The number of amides is 2. The van der Waals surface area contributed by atoms with Crippen LogP contribution in [0.3, 0.4) is 0 Å². The quantitative estimate of drug-likeness (QED) is 0.564. The Bertz CT molecular complexity index is 1210. The summed E-state index contributed by atoms with van der Waals surface area (Å²) in [6, 6.07) is 8.19. The van der Waals surface area contributed by atoms with E-state index < -0.39 is 27.6 Å². The van der Waals surface area contributed by atoms with E-state index in [1.54, 1.807) is 11.0 Å². The number of carbonyl (C=O) groups is 2. The van der Waals surface area contributed by atoms with Gasteiger partial charge in [0.25, 0.3) is 5.91 Å². The molecule has 1 N–H and O–H groups in total. The van der Waals surface area contributed by atoms with Gasteiger partial charge in [0.2, 0.25) is 15.9 Å². The van der Waals surface area contributed by atoms with Crippen LogP contribution in [0.1, 0.15) is 18.1 Å². The summed E-state index contributed by atoms with van der Waals surface area (Å²) in [5.41, 5.74) is 0.991. The van der Waals surface area contributed by atoms with Gasteiger partial charge in [0, 0.05) is 42.8 Å². The Hall–Kier alpha value is -2.76. The third-order valence-corrected chi connectivity index (χ3v) is 6.28. The molecule has 8 nitrogen and oxygen atoms in total. The van der Waals surface area contributed by atoms with Gasteiger partial charge in [-0.05, 0) is 42.8 Å². The standard InChI is InChI=1S/C23H26ClF2N3O5S/c1-15-12-28(13-16-3-5-19(25)20(26)9-16)7-8-29(15)23(31)14-34-21-6-4-18(24)10-17(21)11-22(30)27-35(2,32)33/h3-6,9-10,15H,7-8,11-14H2,1-2H3,(H,27,30). The highest BCUT2D eigenvalue weighted by atomic mass is 35.5. The predicted octanol–water partition coefficient (Wildman–Crippen LogP) is 2.35. The Kier molecular flexibility index (Phi) is 8.68. The number of halogens is 3. The summed E-state index contributed by atoms with van der Waals surface area (Å²) >= 11 is 6.00. The van der Waals surface area contributed by atoms with Crippen molar-refractivity contribution in [2.75, 3.05) is 32.5 Å². The molecule has 12 heteroatoms. The average molecular weight is 530 g/mol. The number of carbonyl (C=O) groups excluding carboxylic acids is 2. The van der Waals surface area contributed by atoms with E-state index >= 15 is 0 Å². The summed E-state index contributed by atoms with van der Waals surface area (Å²) in [6.07, 6.45) is 0.577. The highest BCUT2D eigenvalue weighted by Gasteiger charge is 2.28. The van der Waals surface area contributed by atoms with Crippen molar-refractivity contribution in [1.82, 2.24) is 14.5 Å². The maximum Gasteiger partial charge on any atom is 0.260 e. The van der Waals surface area contributed by atoms with Crippen molar-refractivity contribution in [3.05, 3.63) is 64.2 Å². The molecule has 2 aromatic carbocycles. The molecule has 190 valence electrons. The molecule has 2 aromatic rings. The largest absolute Gasteiger partial charge is 0.483 e. The molecule has 0 radical (unpaired) electrons. The lowest BCUT2D eigenvalue weighted by molar-refractivity contribution is -0.138. The maximum atomic E-state index is 13.5. The second-order valence-electron chi connectivity index (χ2n) is 8.43. The molecule has 1 unspecified atom stereocenters. The monoisotopic (exact) mass is 529 g/mol. The molecular formula is C23H26ClF2N3O5S. The van der Waals surface area contributed by atoms with E-state index in [0.717, 1.165) is 12.3 Å². The zero-order valence-electron chi connectivity index (χ0n) is 19.3. The average Bonchev–Trinajstić information content (AvgIpc) is 2.74. The topological polar surface area (TPSA) is 96.0 Å². The van der Waals surface area contributed by atoms with Gasteiger partial charge in [-0.1, -0.05) is 17.7 Å². The molecule has 35 heavy (non-hydrogen) atoms. The molecule has 1 saturated heterocycles. The minimum Gasteiger partial charge on any atom is -0.483 e. The number of piperazine rings is 1. The van der Waals surface area contributed by atoms with Gasteiger partial charge in [-0.2, -0.15) is 0 Å². The van der Waals surface area contributed by atoms with Crippen LogP contribution in [0, 0.1) is 11.6 Å². The van der Waals surface area contributed by atoms with Gasteiger partial charge in [-0.3, -0.25) is 19.2 Å². The summed E-state index contributed by atoms with van der Waals surface area (Å²) in [4.78, 5) is 28.6. The SMILES string of the molecule is CC1CN(Cc2ccc(F)c(F)c2)CCN1C(=O)COc1ccc(Cl)cc1CC(=O)NS(C)(=O)=O. The summed E-state index contributed by atoms with van der Waals surface area (Å²) in [5, 5.41) is 0.330. The van der Waals surface area contributed by atoms with Gasteiger partial charge in [-0.15, -0.1) is 0 Å². The molecule has 0 aromatic heterocycles. The minimum absolute atomic E-state index is 0.143. The minimum atomic E-state index is -3.71. The highest BCUT2D eigenvalue weighted by molar-refractivity contribution is 7.89. The highest BCUT2D eigenvalue weighted by Crippen LogP contribution is 2.24. The summed E-state index contributed by atoms with van der Waals surface area (Å²) < 4.78 is 56.7. The van der Waals surface area contributed by atoms with Crippen molar-refractivity contribution < 1.29 is 31.5 Å². The van der Waals surface area contributed by atoms with Crippen molar-refractivity contribution in [3.8, 4) is 5.75 Å². The Labute approximate surface area is 207 Å². The smallest absolute Gasteiger partial charge is 0.260 e. The van der Waals surface area contributed by atoms with Crippen LogP contribution in [0.15, 0.2) is 36.4 Å². The van der Waals surface area contributed by atoms with E-state index in [9.17, 15) is 26.8 Å². The third kappa shape index (κ3) is 7.87. The number of ether oxygens (including phenoxy) is 1. The number of hydrogen-bond acceptors (Lipinski definition) is 6. The van der Waals surface area contributed by atoms with E-state index in [0.29, 0.717) is 42.3 Å². The molecular weight excluding hydrogens is 504 g/mol. The number of nitrogens with one attached hydrogen (secondary N) is 1. The lowest BCUT2D eigenvalue weighted by Crippen LogP contribution is -2.54. The Morgan fingerprint density at radius 2 is 1.89 bits per heavy atom. The van der Waals surface area contributed by atoms with Gasteiger partial charge in [-0.25, -0.2) is 17.2 Å². The van der Waals surface area contributed by atoms with E-state index in [4.69, 9.17) is 16.3 Å². The molecule has 0 aliphatic carbocycles. The lowest BCUT2D eigenvalue weighted by Gasteiger charge is -2.39. The summed E-state index contributed by atoms with van der Waals surface area (Å²) in [5.74, 6) is -2.55. The number of rotatable bonds is 8. The molecule has 2 amide bonds. The van der Waals surface area contributed by atoms with Crippen LogP contribution in [-0.4, -0.2) is 68.6 Å². The normalized spacial score (nSPS) is 16.7. The molecule has 1 atom stereocenters. The molecule has 0 spiro atoms. The molecule has 1 heterocycles. The van der Waals surface area contributed by atoms with E-state index in [1.807, 2.05) is 11.6 Å². The fraction of sp³-hybridized carbons (Fsp3) is 0.391. The van der Waals surface area contributed by atoms with Crippen molar-refractivity contribution in [2.45, 2.75) is 25.9 Å². The maximum absolute atomic E-state index is 13.5. The van der Waals surface area contributed by atoms with Gasteiger partial charge in [0.05, 0.1) is 12.7 Å². The van der Waals surface area contributed by atoms with Crippen LogP contribution in [0.2, 0.25) is 5.02 Å². The van der Waals surface area contributed by atoms with Crippen molar-refractivity contribution in [3.63, 3.8) is 0 Å². The second-order valence-corrected chi connectivity index (χ2v) is 10.6. The van der Waals surface area contributed by atoms with Crippen LogP contribution in [0.25, 0.3) is 0 Å². The Morgan fingerprint density at radius 1 is 1.14 bits per heavy atom. The first-order chi connectivity index (χ1) is 16.4. The van der Waals surface area contributed by atoms with Crippen molar-refractivity contribution in [2.24, 2.45) is 0 Å². The van der Waals surface area contributed by atoms with Gasteiger partial charge < -0.3 is 9.64 Å². The van der Waals surface area contributed by atoms with Crippen LogP contribution >= 0.6 is 11.6 Å². The number of hydrogen-bond donors (Lipinski definition) is 1. The van der Waals surface area contributed by atoms with E-state index in [-0.39, 0.29) is 30.7 Å². The number of benzene rings is 2. The van der Waals surface area contributed by atoms with Gasteiger partial charge in [0.15, 0.2) is 18.2 Å². The molecule has 0 bridgehead atoms.